The molecule has 290 valence electrons. The third-order valence-electron chi connectivity index (χ3n) is 9.54. The third-order valence-corrected chi connectivity index (χ3v) is 9.54. The van der Waals surface area contributed by atoms with Crippen molar-refractivity contribution in [1.29, 1.82) is 0 Å². The molecule has 2 aliphatic heterocycles. The molecule has 10 rings (SSSR count). The molecule has 0 radical (unpaired) electrons. The largest absolute Gasteiger partial charge is 0.397 e. The van der Waals surface area contributed by atoms with Crippen LogP contribution >= 0.6 is 0 Å². The van der Waals surface area contributed by atoms with E-state index in [9.17, 15) is 23.2 Å². The second-order valence-electron chi connectivity index (χ2n) is 13.7. The Labute approximate surface area is 340 Å². The first-order valence-corrected chi connectivity index (χ1v) is 18.9. The summed E-state index contributed by atoms with van der Waals surface area (Å²) in [7, 11) is 0. The molecular formula is C51H38F2N2O4. The van der Waals surface area contributed by atoms with Crippen molar-refractivity contribution >= 4 is 52.8 Å². The number of carbonyl (C=O) groups excluding carboxylic acids is 3. The van der Waals surface area contributed by atoms with Crippen LogP contribution in [0.1, 0.15) is 39.5 Å². The van der Waals surface area contributed by atoms with Gasteiger partial charge in [-0.15, -0.1) is 0 Å². The van der Waals surface area contributed by atoms with Crippen LogP contribution < -0.4 is 10.6 Å². The van der Waals surface area contributed by atoms with E-state index in [0.717, 1.165) is 56.4 Å². The number of aliphatic hydroxyl groups excluding tert-OH is 1. The Morgan fingerprint density at radius 1 is 0.475 bits per heavy atom. The van der Waals surface area contributed by atoms with Crippen LogP contribution in [0.25, 0.3) is 56.7 Å². The minimum atomic E-state index is -0.346. The maximum Gasteiger partial charge on any atom is 0.256 e. The number of fused-ring (bicyclic) bond motifs is 5. The van der Waals surface area contributed by atoms with E-state index < -0.39 is 0 Å². The summed E-state index contributed by atoms with van der Waals surface area (Å²) in [4.78, 5) is 34.7. The van der Waals surface area contributed by atoms with Gasteiger partial charge in [-0.1, -0.05) is 91.0 Å². The SMILES string of the molecule is CCO.O=C1Nc2ccc(F)cc2/C1=C/c1cc2cccccc-2c1.O=C1Nc2ccc(F)cc2/C1=C\c1cc2cccccc-2c1.O=Cc1cc2cccccc-2c1. The van der Waals surface area contributed by atoms with Crippen LogP contribution in [-0.4, -0.2) is 29.8 Å². The fourth-order valence-electron chi connectivity index (χ4n) is 6.89. The van der Waals surface area contributed by atoms with Crippen LogP contribution in [0, 0.1) is 11.6 Å². The van der Waals surface area contributed by atoms with E-state index in [1.54, 1.807) is 31.2 Å². The second kappa shape index (κ2) is 18.1. The number of benzene rings is 2. The zero-order valence-electron chi connectivity index (χ0n) is 32.0. The highest BCUT2D eigenvalue weighted by molar-refractivity contribution is 6.35. The Morgan fingerprint density at radius 3 is 1.08 bits per heavy atom. The van der Waals surface area contributed by atoms with Gasteiger partial charge in [0, 0.05) is 45.8 Å². The Bertz CT molecular complexity index is 2530. The Balaban J connectivity index is 0.000000135. The number of anilines is 2. The minimum Gasteiger partial charge on any atom is -0.397 e. The topological polar surface area (TPSA) is 95.5 Å². The molecule has 3 N–H and O–H groups in total. The molecule has 8 heteroatoms. The van der Waals surface area contributed by atoms with E-state index >= 15 is 0 Å². The highest BCUT2D eigenvalue weighted by atomic mass is 19.1. The van der Waals surface area contributed by atoms with Crippen molar-refractivity contribution in [2.45, 2.75) is 6.92 Å². The van der Waals surface area contributed by atoms with Crippen molar-refractivity contribution in [2.24, 2.45) is 0 Å². The summed E-state index contributed by atoms with van der Waals surface area (Å²) < 4.78 is 26.9. The number of nitrogens with one attached hydrogen (secondary N) is 2. The summed E-state index contributed by atoms with van der Waals surface area (Å²) >= 11 is 0. The number of hydrogen-bond donors (Lipinski definition) is 3. The van der Waals surface area contributed by atoms with Crippen molar-refractivity contribution in [2.75, 3.05) is 17.2 Å². The van der Waals surface area contributed by atoms with E-state index in [1.807, 2.05) is 127 Å². The lowest BCUT2D eigenvalue weighted by atomic mass is 10.1. The minimum absolute atomic E-state index is 0.198. The number of halogens is 2. The van der Waals surface area contributed by atoms with Gasteiger partial charge in [-0.05, 0) is 136 Å². The summed E-state index contributed by atoms with van der Waals surface area (Å²) in [6, 6.07) is 50.4. The maximum absolute atomic E-state index is 13.4. The number of carbonyl (C=O) groups is 3. The summed E-state index contributed by atoms with van der Waals surface area (Å²) in [6.45, 7) is 1.93. The van der Waals surface area contributed by atoms with Gasteiger partial charge in [-0.3, -0.25) is 14.4 Å². The molecule has 6 nitrogen and oxygen atoms in total. The molecule has 0 bridgehead atoms. The van der Waals surface area contributed by atoms with E-state index in [1.165, 1.54) is 24.3 Å². The van der Waals surface area contributed by atoms with Crippen LogP contribution in [0.15, 0.2) is 164 Å². The molecular weight excluding hydrogens is 743 g/mol. The van der Waals surface area contributed by atoms with E-state index in [4.69, 9.17) is 5.11 Å². The van der Waals surface area contributed by atoms with Crippen LogP contribution in [0.4, 0.5) is 20.2 Å². The average molecular weight is 781 g/mol. The standard InChI is InChI=1S/2C19H12FNO.C11H8O.C2H6O/c2*20-15-6-7-18-16(11-15)17(19(22)21-18)10-12-8-13-4-2-1-3-5-14(13)9-12;12-8-9-6-10-4-2-1-3-5-11(10)7-9;1-2-3/h2*1-11H,(H,21,22);1-8H;3H,2H2,1H3/b17-10+;17-10-;;. The normalized spacial score (nSPS) is 13.6. The van der Waals surface area contributed by atoms with E-state index in [0.29, 0.717) is 33.6 Å². The van der Waals surface area contributed by atoms with E-state index in [2.05, 4.69) is 10.6 Å². The average Bonchev–Trinajstić information content (AvgIpc) is 3.94. The number of amides is 2. The summed E-state index contributed by atoms with van der Waals surface area (Å²) in [6.07, 6.45) is 4.49. The van der Waals surface area contributed by atoms with Crippen molar-refractivity contribution < 1.29 is 28.3 Å². The molecule has 2 aromatic carbocycles. The van der Waals surface area contributed by atoms with Gasteiger partial charge in [0.1, 0.15) is 17.9 Å². The van der Waals surface area contributed by atoms with Gasteiger partial charge in [0.15, 0.2) is 0 Å². The Kier molecular flexibility index (Phi) is 12.2. The molecule has 0 spiro atoms. The van der Waals surface area contributed by atoms with Crippen LogP contribution in [-0.2, 0) is 9.59 Å². The third kappa shape index (κ3) is 9.37. The monoisotopic (exact) mass is 780 g/mol. The van der Waals surface area contributed by atoms with Gasteiger partial charge in [0.25, 0.3) is 11.8 Å². The highest BCUT2D eigenvalue weighted by Gasteiger charge is 2.26. The van der Waals surface area contributed by atoms with Gasteiger partial charge in [0.05, 0.1) is 0 Å². The zero-order valence-corrected chi connectivity index (χ0v) is 32.0. The molecule has 2 heterocycles. The van der Waals surface area contributed by atoms with Crippen molar-refractivity contribution in [1.82, 2.24) is 0 Å². The van der Waals surface area contributed by atoms with Gasteiger partial charge in [-0.2, -0.15) is 0 Å². The van der Waals surface area contributed by atoms with Crippen molar-refractivity contribution in [3.05, 3.63) is 203 Å². The van der Waals surface area contributed by atoms with Gasteiger partial charge >= 0.3 is 0 Å². The Hall–Kier alpha value is -7.55. The number of hydrogen-bond acceptors (Lipinski definition) is 4. The number of aliphatic hydroxyl groups is 1. The van der Waals surface area contributed by atoms with Crippen LogP contribution in [0.3, 0.4) is 0 Å². The molecule has 0 unspecified atom stereocenters. The van der Waals surface area contributed by atoms with Gasteiger partial charge in [-0.25, -0.2) is 8.78 Å². The first-order chi connectivity index (χ1) is 28.7. The molecule has 0 saturated carbocycles. The molecule has 8 aliphatic rings. The molecule has 2 amide bonds. The lowest BCUT2D eigenvalue weighted by molar-refractivity contribution is -0.111. The predicted molar refractivity (Wildman–Crippen MR) is 233 cm³/mol. The molecule has 0 atom stereocenters. The zero-order chi connectivity index (χ0) is 41.3. The quantitative estimate of drug-likeness (QED) is 0.123. The highest BCUT2D eigenvalue weighted by Crippen LogP contribution is 2.37. The molecule has 0 aromatic heterocycles. The summed E-state index contributed by atoms with van der Waals surface area (Å²) in [5.74, 6) is -1.09. The summed E-state index contributed by atoms with van der Waals surface area (Å²) in [5.41, 5.74) is 12.8. The van der Waals surface area contributed by atoms with Gasteiger partial charge < -0.3 is 15.7 Å². The fourth-order valence-corrected chi connectivity index (χ4v) is 6.89. The van der Waals surface area contributed by atoms with Crippen LogP contribution in [0.2, 0.25) is 0 Å². The smallest absolute Gasteiger partial charge is 0.256 e. The fraction of sp³-hybridized carbons (Fsp3) is 0.0392. The molecule has 59 heavy (non-hydrogen) atoms. The maximum atomic E-state index is 13.4. The molecule has 0 fully saturated rings. The van der Waals surface area contributed by atoms with E-state index in [-0.39, 0.29) is 30.1 Å². The lowest BCUT2D eigenvalue weighted by Gasteiger charge is -1.97. The molecule has 6 aliphatic carbocycles. The van der Waals surface area contributed by atoms with Crippen LogP contribution in [0.5, 0.6) is 0 Å². The van der Waals surface area contributed by atoms with Crippen molar-refractivity contribution in [3.63, 3.8) is 0 Å². The number of aldehydes is 1. The van der Waals surface area contributed by atoms with Crippen molar-refractivity contribution in [3.8, 4) is 33.4 Å². The molecule has 0 saturated heterocycles. The predicted octanol–water partition coefficient (Wildman–Crippen LogP) is 11.4. The Morgan fingerprint density at radius 2 is 0.780 bits per heavy atom. The summed E-state index contributed by atoms with van der Waals surface area (Å²) in [5, 5.41) is 13.1. The molecule has 2 aromatic rings. The lowest BCUT2D eigenvalue weighted by Crippen LogP contribution is -2.03. The van der Waals surface area contributed by atoms with Gasteiger partial charge in [0.2, 0.25) is 0 Å². The first kappa shape index (κ1) is 39.7. The first-order valence-electron chi connectivity index (χ1n) is 18.9. The number of rotatable bonds is 3. The second-order valence-corrected chi connectivity index (χ2v) is 13.7.